The van der Waals surface area contributed by atoms with Crippen LogP contribution in [0.3, 0.4) is 0 Å². The summed E-state index contributed by atoms with van der Waals surface area (Å²) in [4.78, 5) is 33.4. The average Bonchev–Trinajstić information content (AvgIpc) is 3.34. The fourth-order valence-corrected chi connectivity index (χ4v) is 5.78. The molecule has 0 radical (unpaired) electrons. The summed E-state index contributed by atoms with van der Waals surface area (Å²) in [7, 11) is 0. The molecule has 2 unspecified atom stereocenters. The first kappa shape index (κ1) is 21.6. The number of anilines is 1. The highest BCUT2D eigenvalue weighted by Crippen LogP contribution is 2.51. The lowest BCUT2D eigenvalue weighted by molar-refractivity contribution is 0.126. The van der Waals surface area contributed by atoms with Gasteiger partial charge in [0, 0.05) is 57.6 Å². The Morgan fingerprint density at radius 2 is 2.00 bits per heavy atom. The van der Waals surface area contributed by atoms with Crippen molar-refractivity contribution in [3.63, 3.8) is 0 Å². The second-order valence-electron chi connectivity index (χ2n) is 9.77. The van der Waals surface area contributed by atoms with Crippen molar-refractivity contribution in [3.8, 4) is 11.4 Å². The maximum absolute atomic E-state index is 12.7. The second-order valence-corrected chi connectivity index (χ2v) is 9.77. The van der Waals surface area contributed by atoms with Gasteiger partial charge in [-0.2, -0.15) is 4.98 Å². The molecular weight excluding hydrogens is 434 g/mol. The first-order valence-corrected chi connectivity index (χ1v) is 12.2. The van der Waals surface area contributed by atoms with Crippen LogP contribution in [0.4, 0.5) is 10.6 Å². The van der Waals surface area contributed by atoms with Gasteiger partial charge in [-0.05, 0) is 48.4 Å². The number of ether oxygens (including phenoxy) is 1. The molecule has 34 heavy (non-hydrogen) atoms. The van der Waals surface area contributed by atoms with Crippen LogP contribution in [0.15, 0.2) is 35.3 Å². The van der Waals surface area contributed by atoms with E-state index in [9.17, 15) is 9.59 Å². The highest BCUT2D eigenvalue weighted by molar-refractivity contribution is 5.88. The van der Waals surface area contributed by atoms with Crippen molar-refractivity contribution >= 4 is 11.8 Å². The van der Waals surface area contributed by atoms with Crippen LogP contribution >= 0.6 is 0 Å². The normalized spacial score (nSPS) is 28.1. The van der Waals surface area contributed by atoms with Crippen LogP contribution in [0.25, 0.3) is 5.69 Å². The van der Waals surface area contributed by atoms with Gasteiger partial charge in [0.1, 0.15) is 18.2 Å². The Balaban J connectivity index is 1.12. The fourth-order valence-electron chi connectivity index (χ4n) is 5.78. The van der Waals surface area contributed by atoms with E-state index >= 15 is 0 Å². The summed E-state index contributed by atoms with van der Waals surface area (Å²) < 4.78 is 7.60. The number of hydrogen-bond acceptors (Lipinski definition) is 7. The van der Waals surface area contributed by atoms with Crippen molar-refractivity contribution < 1.29 is 9.53 Å². The summed E-state index contributed by atoms with van der Waals surface area (Å²) in [5.41, 5.74) is 7.26. The minimum atomic E-state index is -0.447. The number of aromatic nitrogens is 2. The summed E-state index contributed by atoms with van der Waals surface area (Å²) in [5.74, 6) is 3.35. The van der Waals surface area contributed by atoms with E-state index in [1.54, 1.807) is 17.2 Å². The van der Waals surface area contributed by atoms with Crippen molar-refractivity contribution in [2.75, 3.05) is 57.7 Å². The lowest BCUT2D eigenvalue weighted by Gasteiger charge is -2.34. The first-order valence-electron chi connectivity index (χ1n) is 12.2. The van der Waals surface area contributed by atoms with Gasteiger partial charge in [0.15, 0.2) is 0 Å². The number of urea groups is 1. The van der Waals surface area contributed by atoms with Crippen molar-refractivity contribution in [3.05, 3.63) is 46.5 Å². The maximum atomic E-state index is 12.7. The van der Waals surface area contributed by atoms with E-state index in [-0.39, 0.29) is 11.8 Å². The van der Waals surface area contributed by atoms with Crippen molar-refractivity contribution in [1.82, 2.24) is 24.7 Å². The highest BCUT2D eigenvalue weighted by atomic mass is 16.5. The molecule has 6 rings (SSSR count). The molecule has 10 nitrogen and oxygen atoms in total. The Bertz CT molecular complexity index is 1130. The Hall–Kier alpha value is -2.95. The predicted molar refractivity (Wildman–Crippen MR) is 127 cm³/mol. The third-order valence-corrected chi connectivity index (χ3v) is 7.85. The van der Waals surface area contributed by atoms with Crippen LogP contribution in [0.2, 0.25) is 0 Å². The van der Waals surface area contributed by atoms with Crippen LogP contribution in [-0.4, -0.2) is 83.8 Å². The third-order valence-electron chi connectivity index (χ3n) is 7.85. The van der Waals surface area contributed by atoms with Crippen molar-refractivity contribution in [2.45, 2.75) is 12.5 Å². The van der Waals surface area contributed by atoms with E-state index in [2.05, 4.69) is 20.5 Å². The number of benzene rings is 1. The smallest absolute Gasteiger partial charge is 0.354 e. The zero-order chi connectivity index (χ0) is 23.2. The fraction of sp³-hybridized carbons (Fsp3) is 0.542. The van der Waals surface area contributed by atoms with Crippen LogP contribution in [0, 0.1) is 17.8 Å². The Morgan fingerprint density at radius 3 is 2.74 bits per heavy atom. The van der Waals surface area contributed by atoms with E-state index in [0.717, 1.165) is 68.2 Å². The molecule has 10 heteroatoms. The molecule has 0 bridgehead atoms. The van der Waals surface area contributed by atoms with Gasteiger partial charge in [0.2, 0.25) is 0 Å². The summed E-state index contributed by atoms with van der Waals surface area (Å²) in [6, 6.07) is 7.68. The van der Waals surface area contributed by atoms with Gasteiger partial charge in [-0.3, -0.25) is 14.8 Å². The Labute approximate surface area is 198 Å². The van der Waals surface area contributed by atoms with Crippen LogP contribution in [-0.2, 0) is 6.42 Å². The average molecular weight is 466 g/mol. The highest BCUT2D eigenvalue weighted by Gasteiger charge is 2.55. The molecule has 4 aliphatic rings. The maximum Gasteiger partial charge on any atom is 0.354 e. The quantitative estimate of drug-likeness (QED) is 0.587. The number of amides is 2. The summed E-state index contributed by atoms with van der Waals surface area (Å²) >= 11 is 0. The number of nitrogens with zero attached hydrogens (tertiary/aromatic N) is 4. The molecule has 4 heterocycles. The molecule has 2 saturated heterocycles. The number of fused-ring (bicyclic) bond motifs is 2. The number of carbonyl (C=O) groups excluding carboxylic acids is 1. The largest absolute Gasteiger partial charge is 0.492 e. The molecule has 180 valence electrons. The molecule has 3 aliphatic heterocycles. The standard InChI is InChI=1S/C24H31N7O3/c25-11-18-19-12-30(13-20(18)19)17-9-15-1-2-16(10-21(15)34-14-17)31-6-3-22(28-24(31)33)27-23(32)29-7-4-26-5-8-29/h1-3,6,10,17-20,26H,4-5,7-9,11-14,25H2,(H,27,28,32,33)/t17?,18?,19-,20+. The minimum absolute atomic E-state index is 0.239. The van der Waals surface area contributed by atoms with Crippen molar-refractivity contribution in [2.24, 2.45) is 23.5 Å². The van der Waals surface area contributed by atoms with E-state index in [1.807, 2.05) is 18.2 Å². The molecule has 1 aromatic heterocycles. The van der Waals surface area contributed by atoms with Gasteiger partial charge < -0.3 is 20.7 Å². The van der Waals surface area contributed by atoms with Crippen LogP contribution in [0.1, 0.15) is 5.56 Å². The lowest BCUT2D eigenvalue weighted by Crippen LogP contribution is -2.48. The summed E-state index contributed by atoms with van der Waals surface area (Å²) in [5, 5.41) is 5.93. The zero-order valence-corrected chi connectivity index (χ0v) is 19.2. The Kier molecular flexibility index (Phi) is 5.51. The van der Waals surface area contributed by atoms with E-state index in [1.165, 1.54) is 4.57 Å². The molecule has 4 atom stereocenters. The Morgan fingerprint density at radius 1 is 1.21 bits per heavy atom. The SMILES string of the molecule is NCC1[C@H]2CN(C3COc4cc(-n5ccc(NC(=O)N6CCNCC6)nc5=O)ccc4C3)C[C@@H]12. The van der Waals surface area contributed by atoms with Gasteiger partial charge in [0.25, 0.3) is 0 Å². The summed E-state index contributed by atoms with van der Waals surface area (Å²) in [6.45, 7) is 6.52. The number of nitrogens with one attached hydrogen (secondary N) is 2. The summed E-state index contributed by atoms with van der Waals surface area (Å²) in [6.07, 6.45) is 2.59. The molecule has 2 amide bonds. The monoisotopic (exact) mass is 465 g/mol. The molecule has 3 fully saturated rings. The van der Waals surface area contributed by atoms with Gasteiger partial charge in [-0.15, -0.1) is 0 Å². The first-order chi connectivity index (χ1) is 16.6. The predicted octanol–water partition coefficient (Wildman–Crippen LogP) is 0.110. The number of rotatable bonds is 4. The molecule has 2 aromatic rings. The van der Waals surface area contributed by atoms with Crippen molar-refractivity contribution in [1.29, 1.82) is 0 Å². The molecule has 1 saturated carbocycles. The van der Waals surface area contributed by atoms with Gasteiger partial charge in [-0.1, -0.05) is 6.07 Å². The van der Waals surface area contributed by atoms with E-state index in [0.29, 0.717) is 31.4 Å². The zero-order valence-electron chi connectivity index (χ0n) is 19.2. The topological polar surface area (TPSA) is 118 Å². The lowest BCUT2D eigenvalue weighted by atomic mass is 10.0. The minimum Gasteiger partial charge on any atom is -0.492 e. The third kappa shape index (κ3) is 3.95. The molecule has 0 spiro atoms. The number of nitrogens with two attached hydrogens (primary N) is 1. The second kappa shape index (κ2) is 8.68. The molecule has 1 aromatic carbocycles. The number of piperidine rings is 1. The molecule has 1 aliphatic carbocycles. The molecular formula is C24H31N7O3. The van der Waals surface area contributed by atoms with Gasteiger partial charge in [0.05, 0.1) is 5.69 Å². The number of hydrogen-bond donors (Lipinski definition) is 3. The van der Waals surface area contributed by atoms with Gasteiger partial charge >= 0.3 is 11.7 Å². The number of piperazine rings is 1. The number of carbonyl (C=O) groups is 1. The van der Waals surface area contributed by atoms with Gasteiger partial charge in [-0.25, -0.2) is 9.59 Å². The van der Waals surface area contributed by atoms with Crippen LogP contribution in [0.5, 0.6) is 5.75 Å². The molecule has 4 N–H and O–H groups in total. The van der Waals surface area contributed by atoms with Crippen LogP contribution < -0.4 is 26.8 Å². The van der Waals surface area contributed by atoms with E-state index in [4.69, 9.17) is 10.5 Å². The number of likely N-dealkylation sites (tertiary alicyclic amines) is 1. The van der Waals surface area contributed by atoms with E-state index < -0.39 is 5.69 Å².